The second-order valence-corrected chi connectivity index (χ2v) is 9.13. The molecule has 2 bridgehead atoms. The molecule has 0 N–H and O–H groups in total. The molecule has 0 aromatic heterocycles. The molecule has 3 aliphatic heterocycles. The van der Waals surface area contributed by atoms with Crippen LogP contribution >= 0.6 is 0 Å². The number of nitrogens with zero attached hydrogens (tertiary/aromatic N) is 1. The summed E-state index contributed by atoms with van der Waals surface area (Å²) in [6.07, 6.45) is 12.1. The first kappa shape index (κ1) is 20.6. The molecular formula is C27H33NO3. The van der Waals surface area contributed by atoms with Crippen LogP contribution in [0.2, 0.25) is 0 Å². The van der Waals surface area contributed by atoms with E-state index in [0.29, 0.717) is 6.61 Å². The van der Waals surface area contributed by atoms with Gasteiger partial charge >= 0.3 is 0 Å². The summed E-state index contributed by atoms with van der Waals surface area (Å²) in [4.78, 5) is 15.6. The fraction of sp³-hybridized carbons (Fsp3) is 0.519. The van der Waals surface area contributed by atoms with Gasteiger partial charge in [-0.1, -0.05) is 87.8 Å². The molecule has 3 aliphatic rings. The van der Waals surface area contributed by atoms with Gasteiger partial charge in [0.05, 0.1) is 12.3 Å². The standard InChI is InChI=1S/C27H33NO3/c29-26-27-22-16-10-11-17-23(22)28(26)19-13-7-5-3-1-2-4-6-8-14-20-30-24-18-12-9-15-21(24)25(27)31-27/h9-12,15-18,25H,1-8,13-14,19-20H2/t25-,27-/m0/s1. The van der Waals surface area contributed by atoms with Gasteiger partial charge in [0.15, 0.2) is 0 Å². The highest BCUT2D eigenvalue weighted by Crippen LogP contribution is 2.64. The third kappa shape index (κ3) is 3.87. The molecule has 2 atom stereocenters. The third-order valence-electron chi connectivity index (χ3n) is 7.01. The SMILES string of the molecule is O=C1N2CCCCCCCCCCCCOc3ccccc3[C@@H]3O[C@]13c1ccccc12. The zero-order chi connectivity index (χ0) is 21.1. The van der Waals surface area contributed by atoms with Gasteiger partial charge in [0.2, 0.25) is 5.60 Å². The fourth-order valence-corrected chi connectivity index (χ4v) is 5.27. The summed E-state index contributed by atoms with van der Waals surface area (Å²) < 4.78 is 12.4. The van der Waals surface area contributed by atoms with Gasteiger partial charge in [0, 0.05) is 17.7 Å². The Labute approximate surface area is 185 Å². The normalized spacial score (nSPS) is 27.0. The zero-order valence-electron chi connectivity index (χ0n) is 18.4. The van der Waals surface area contributed by atoms with Crippen molar-refractivity contribution >= 4 is 11.6 Å². The Bertz CT molecular complexity index is 926. The lowest BCUT2D eigenvalue weighted by Gasteiger charge is -2.17. The highest BCUT2D eigenvalue weighted by Gasteiger charge is 2.70. The third-order valence-corrected chi connectivity index (χ3v) is 7.01. The van der Waals surface area contributed by atoms with Gasteiger partial charge in [-0.2, -0.15) is 0 Å². The van der Waals surface area contributed by atoms with E-state index in [1.807, 2.05) is 35.2 Å². The highest BCUT2D eigenvalue weighted by atomic mass is 16.6. The number of epoxide rings is 1. The predicted octanol–water partition coefficient (Wildman–Crippen LogP) is 6.29. The number of ether oxygens (including phenoxy) is 2. The first-order valence-corrected chi connectivity index (χ1v) is 12.1. The zero-order valence-corrected chi connectivity index (χ0v) is 18.4. The lowest BCUT2D eigenvalue weighted by Crippen LogP contribution is -2.34. The van der Waals surface area contributed by atoms with Crippen LogP contribution in [0.3, 0.4) is 0 Å². The molecule has 0 aliphatic carbocycles. The minimum Gasteiger partial charge on any atom is -0.493 e. The van der Waals surface area contributed by atoms with Gasteiger partial charge in [-0.15, -0.1) is 0 Å². The number of rotatable bonds is 0. The Balaban J connectivity index is 1.42. The quantitative estimate of drug-likeness (QED) is 0.471. The molecule has 4 heteroatoms. The average Bonchev–Trinajstić information content (AvgIpc) is 3.50. The minimum absolute atomic E-state index is 0.0893. The second kappa shape index (κ2) is 9.04. The Morgan fingerprint density at radius 3 is 2.23 bits per heavy atom. The lowest BCUT2D eigenvalue weighted by atomic mass is 9.92. The average molecular weight is 420 g/mol. The van der Waals surface area contributed by atoms with Crippen molar-refractivity contribution in [2.24, 2.45) is 0 Å². The monoisotopic (exact) mass is 419 g/mol. The topological polar surface area (TPSA) is 42.1 Å². The van der Waals surface area contributed by atoms with Crippen LogP contribution in [0, 0.1) is 0 Å². The molecule has 3 heterocycles. The number of carbonyl (C=O) groups excluding carboxylic acids is 1. The number of amides is 1. The smallest absolute Gasteiger partial charge is 0.267 e. The van der Waals surface area contributed by atoms with E-state index in [1.165, 1.54) is 51.4 Å². The van der Waals surface area contributed by atoms with E-state index in [9.17, 15) is 4.79 Å². The Morgan fingerprint density at radius 1 is 0.774 bits per heavy atom. The maximum atomic E-state index is 13.6. The molecule has 31 heavy (non-hydrogen) atoms. The lowest BCUT2D eigenvalue weighted by molar-refractivity contribution is -0.123. The summed E-state index contributed by atoms with van der Waals surface area (Å²) in [5.41, 5.74) is 2.14. The van der Waals surface area contributed by atoms with E-state index < -0.39 is 5.60 Å². The second-order valence-electron chi connectivity index (χ2n) is 9.13. The Kier molecular flexibility index (Phi) is 5.99. The van der Waals surface area contributed by atoms with Crippen molar-refractivity contribution in [3.05, 3.63) is 59.7 Å². The molecule has 4 nitrogen and oxygen atoms in total. The molecule has 1 saturated heterocycles. The van der Waals surface area contributed by atoms with E-state index in [0.717, 1.165) is 42.0 Å². The van der Waals surface area contributed by atoms with E-state index in [4.69, 9.17) is 9.47 Å². The van der Waals surface area contributed by atoms with Crippen molar-refractivity contribution in [3.63, 3.8) is 0 Å². The maximum Gasteiger partial charge on any atom is 0.267 e. The van der Waals surface area contributed by atoms with E-state index in [-0.39, 0.29) is 12.0 Å². The van der Waals surface area contributed by atoms with Gasteiger partial charge in [0.1, 0.15) is 11.9 Å². The summed E-state index contributed by atoms with van der Waals surface area (Å²) in [5, 5.41) is 0. The van der Waals surface area contributed by atoms with E-state index in [1.54, 1.807) is 0 Å². The molecule has 0 radical (unpaired) electrons. The molecule has 164 valence electrons. The number of fused-ring (bicyclic) bond motifs is 5. The van der Waals surface area contributed by atoms with Crippen molar-refractivity contribution in [2.45, 2.75) is 75.9 Å². The van der Waals surface area contributed by atoms with Crippen LogP contribution in [-0.4, -0.2) is 19.1 Å². The van der Waals surface area contributed by atoms with Gasteiger partial charge in [0.25, 0.3) is 5.91 Å². The first-order valence-electron chi connectivity index (χ1n) is 12.1. The first-order chi connectivity index (χ1) is 15.3. The fourth-order valence-electron chi connectivity index (χ4n) is 5.27. The number of benzene rings is 2. The van der Waals surface area contributed by atoms with Gasteiger partial charge in [-0.25, -0.2) is 0 Å². The van der Waals surface area contributed by atoms with Crippen LogP contribution in [0.25, 0.3) is 0 Å². The van der Waals surface area contributed by atoms with Crippen LogP contribution < -0.4 is 9.64 Å². The van der Waals surface area contributed by atoms with Crippen molar-refractivity contribution in [1.82, 2.24) is 0 Å². The minimum atomic E-state index is -0.876. The Morgan fingerprint density at radius 2 is 1.42 bits per heavy atom. The molecule has 1 spiro atoms. The number of anilines is 1. The predicted molar refractivity (Wildman–Crippen MR) is 122 cm³/mol. The van der Waals surface area contributed by atoms with Gasteiger partial charge in [-0.3, -0.25) is 4.79 Å². The Hall–Kier alpha value is -2.33. The van der Waals surface area contributed by atoms with Crippen LogP contribution in [0.15, 0.2) is 48.5 Å². The van der Waals surface area contributed by atoms with Crippen molar-refractivity contribution in [3.8, 4) is 5.75 Å². The van der Waals surface area contributed by atoms with Crippen molar-refractivity contribution in [1.29, 1.82) is 0 Å². The molecule has 0 unspecified atom stereocenters. The van der Waals surface area contributed by atoms with Crippen molar-refractivity contribution in [2.75, 3.05) is 18.1 Å². The van der Waals surface area contributed by atoms with Crippen LogP contribution in [-0.2, 0) is 15.1 Å². The number of hydrogen-bond donors (Lipinski definition) is 0. The molecule has 5 rings (SSSR count). The molecular weight excluding hydrogens is 386 g/mol. The summed E-state index contributed by atoms with van der Waals surface area (Å²) in [6.45, 7) is 1.49. The molecule has 2 aromatic carbocycles. The number of carbonyl (C=O) groups is 1. The summed E-state index contributed by atoms with van der Waals surface area (Å²) >= 11 is 0. The van der Waals surface area contributed by atoms with Gasteiger partial charge in [-0.05, 0) is 25.0 Å². The van der Waals surface area contributed by atoms with Gasteiger partial charge < -0.3 is 14.4 Å². The van der Waals surface area contributed by atoms with Crippen LogP contribution in [0.1, 0.15) is 81.4 Å². The van der Waals surface area contributed by atoms with Crippen LogP contribution in [0.5, 0.6) is 5.75 Å². The van der Waals surface area contributed by atoms with E-state index in [2.05, 4.69) is 18.2 Å². The summed E-state index contributed by atoms with van der Waals surface area (Å²) in [6, 6.07) is 16.2. The molecule has 0 saturated carbocycles. The highest BCUT2D eigenvalue weighted by molar-refractivity contribution is 6.09. The largest absolute Gasteiger partial charge is 0.493 e. The van der Waals surface area contributed by atoms with Crippen molar-refractivity contribution < 1.29 is 14.3 Å². The molecule has 1 fully saturated rings. The number of hydrogen-bond acceptors (Lipinski definition) is 3. The molecule has 2 aromatic rings. The van der Waals surface area contributed by atoms with E-state index >= 15 is 0 Å². The van der Waals surface area contributed by atoms with Crippen LogP contribution in [0.4, 0.5) is 5.69 Å². The molecule has 1 amide bonds. The summed E-state index contributed by atoms with van der Waals surface area (Å²) in [5.74, 6) is 0.942. The summed E-state index contributed by atoms with van der Waals surface area (Å²) in [7, 11) is 0. The maximum absolute atomic E-state index is 13.6. The number of para-hydroxylation sites is 2.